The summed E-state index contributed by atoms with van der Waals surface area (Å²) in [6.45, 7) is 5.55. The lowest BCUT2D eigenvalue weighted by Crippen LogP contribution is -2.31. The molecule has 0 aromatic heterocycles. The van der Waals surface area contributed by atoms with Gasteiger partial charge in [0, 0.05) is 12.3 Å². The molecule has 1 aliphatic rings. The van der Waals surface area contributed by atoms with Crippen LogP contribution in [0.3, 0.4) is 0 Å². The molecule has 1 N–H and O–H groups in total. The van der Waals surface area contributed by atoms with Crippen LogP contribution in [0.2, 0.25) is 0 Å². The fraction of sp³-hybridized carbons (Fsp3) is 0.500. The Hall–Kier alpha value is -1.01. The minimum Gasteiger partial charge on any atom is -0.323 e. The van der Waals surface area contributed by atoms with Crippen molar-refractivity contribution in [2.75, 3.05) is 0 Å². The summed E-state index contributed by atoms with van der Waals surface area (Å²) in [7, 11) is 0. The maximum absolute atomic E-state index is 10.8. The summed E-state index contributed by atoms with van der Waals surface area (Å²) in [6.07, 6.45) is 1.55. The summed E-state index contributed by atoms with van der Waals surface area (Å²) >= 11 is 0. The third-order valence-electron chi connectivity index (χ3n) is 1.76. The molecule has 1 rings (SSSR count). The van der Waals surface area contributed by atoms with Gasteiger partial charge in [0.25, 0.3) is 0 Å². The van der Waals surface area contributed by atoms with Crippen LogP contribution in [0.1, 0.15) is 19.8 Å². The van der Waals surface area contributed by atoms with Gasteiger partial charge in [-0.05, 0) is 6.42 Å². The fourth-order valence-corrected chi connectivity index (χ4v) is 1.05. The molecule has 10 heavy (non-hydrogen) atoms. The van der Waals surface area contributed by atoms with Crippen molar-refractivity contribution >= 4 is 5.91 Å². The van der Waals surface area contributed by atoms with Crippen LogP contribution in [0.4, 0.5) is 0 Å². The third-order valence-corrected chi connectivity index (χ3v) is 1.76. The van der Waals surface area contributed by atoms with Crippen LogP contribution in [0.25, 0.3) is 0 Å². The molecule has 1 saturated heterocycles. The lowest BCUT2D eigenvalue weighted by Gasteiger charge is -2.19. The van der Waals surface area contributed by atoms with Gasteiger partial charge in [-0.15, -0.1) is 5.73 Å². The van der Waals surface area contributed by atoms with Gasteiger partial charge in [0.2, 0.25) is 5.91 Å². The molecule has 0 aromatic carbocycles. The molecule has 2 nitrogen and oxygen atoms in total. The number of hydrogen-bond acceptors (Lipinski definition) is 1. The molecule has 54 valence electrons. The molecule has 0 aromatic rings. The molecular formula is C8H11NO. The van der Waals surface area contributed by atoms with E-state index in [2.05, 4.69) is 24.6 Å². The molecule has 1 aliphatic heterocycles. The Morgan fingerprint density at radius 3 is 3.00 bits per heavy atom. The molecule has 2 heteroatoms. The van der Waals surface area contributed by atoms with Crippen LogP contribution in [0.5, 0.6) is 0 Å². The van der Waals surface area contributed by atoms with E-state index in [4.69, 9.17) is 0 Å². The van der Waals surface area contributed by atoms with E-state index in [0.29, 0.717) is 12.3 Å². The molecule has 0 aliphatic carbocycles. The number of amides is 1. The zero-order chi connectivity index (χ0) is 7.56. The van der Waals surface area contributed by atoms with Gasteiger partial charge in [0.15, 0.2) is 0 Å². The summed E-state index contributed by atoms with van der Waals surface area (Å²) in [4.78, 5) is 10.8. The Labute approximate surface area is 60.6 Å². The van der Waals surface area contributed by atoms with Gasteiger partial charge in [0.1, 0.15) is 0 Å². The first-order valence-corrected chi connectivity index (χ1v) is 3.44. The van der Waals surface area contributed by atoms with Crippen molar-refractivity contribution in [1.29, 1.82) is 0 Å². The zero-order valence-electron chi connectivity index (χ0n) is 6.11. The normalized spacial score (nSPS) is 25.5. The van der Waals surface area contributed by atoms with Crippen LogP contribution in [-0.4, -0.2) is 5.91 Å². The van der Waals surface area contributed by atoms with E-state index in [1.165, 1.54) is 0 Å². The van der Waals surface area contributed by atoms with E-state index < -0.39 is 0 Å². The SMILES string of the molecule is C=C=C1NC(=O)CCC1C. The molecule has 1 heterocycles. The van der Waals surface area contributed by atoms with Crippen molar-refractivity contribution in [3.05, 3.63) is 18.0 Å². The Morgan fingerprint density at radius 2 is 2.50 bits per heavy atom. The van der Waals surface area contributed by atoms with Crippen LogP contribution in [-0.2, 0) is 4.79 Å². The summed E-state index contributed by atoms with van der Waals surface area (Å²) in [5.74, 6) is 0.499. The Bertz CT molecular complexity index is 201. The van der Waals surface area contributed by atoms with Crippen LogP contribution >= 0.6 is 0 Å². The van der Waals surface area contributed by atoms with E-state index in [0.717, 1.165) is 12.1 Å². The van der Waals surface area contributed by atoms with Gasteiger partial charge in [-0.2, -0.15) is 0 Å². The number of hydrogen-bond donors (Lipinski definition) is 1. The van der Waals surface area contributed by atoms with Crippen molar-refractivity contribution in [1.82, 2.24) is 5.32 Å². The summed E-state index contributed by atoms with van der Waals surface area (Å²) < 4.78 is 0. The summed E-state index contributed by atoms with van der Waals surface area (Å²) in [6, 6.07) is 0. The monoisotopic (exact) mass is 137 g/mol. The van der Waals surface area contributed by atoms with Crippen molar-refractivity contribution in [3.8, 4) is 0 Å². The first kappa shape index (κ1) is 7.10. The smallest absolute Gasteiger partial charge is 0.224 e. The fourth-order valence-electron chi connectivity index (χ4n) is 1.05. The maximum atomic E-state index is 10.8. The lowest BCUT2D eigenvalue weighted by atomic mass is 9.98. The highest BCUT2D eigenvalue weighted by atomic mass is 16.1. The Balaban J connectivity index is 2.72. The summed E-state index contributed by atoms with van der Waals surface area (Å²) in [5.41, 5.74) is 3.56. The van der Waals surface area contributed by atoms with E-state index in [1.54, 1.807) is 0 Å². The van der Waals surface area contributed by atoms with Gasteiger partial charge in [-0.25, -0.2) is 0 Å². The van der Waals surface area contributed by atoms with Crippen LogP contribution in [0.15, 0.2) is 18.0 Å². The first-order valence-electron chi connectivity index (χ1n) is 3.44. The summed E-state index contributed by atoms with van der Waals surface area (Å²) in [5, 5.41) is 2.72. The number of piperidine rings is 1. The first-order chi connectivity index (χ1) is 4.74. The Morgan fingerprint density at radius 1 is 1.80 bits per heavy atom. The zero-order valence-corrected chi connectivity index (χ0v) is 6.11. The predicted octanol–water partition coefficient (Wildman–Crippen LogP) is 1.20. The molecule has 0 saturated carbocycles. The number of rotatable bonds is 0. The molecule has 0 bridgehead atoms. The van der Waals surface area contributed by atoms with E-state index in [1.807, 2.05) is 0 Å². The second-order valence-corrected chi connectivity index (χ2v) is 2.58. The molecule has 0 radical (unpaired) electrons. The Kier molecular flexibility index (Phi) is 1.93. The third kappa shape index (κ3) is 1.28. The van der Waals surface area contributed by atoms with Crippen molar-refractivity contribution in [3.63, 3.8) is 0 Å². The molecule has 1 amide bonds. The molecule has 1 atom stereocenters. The standard InChI is InChI=1S/C8H11NO/c1-3-7-6(2)4-5-8(10)9-7/h6H,1,4-5H2,2H3,(H,9,10). The highest BCUT2D eigenvalue weighted by Crippen LogP contribution is 2.17. The van der Waals surface area contributed by atoms with Gasteiger partial charge in [-0.3, -0.25) is 4.79 Å². The van der Waals surface area contributed by atoms with Gasteiger partial charge >= 0.3 is 0 Å². The number of carbonyl (C=O) groups excluding carboxylic acids is 1. The maximum Gasteiger partial charge on any atom is 0.224 e. The second kappa shape index (κ2) is 2.72. The molecule has 1 fully saturated rings. The predicted molar refractivity (Wildman–Crippen MR) is 39.2 cm³/mol. The lowest BCUT2D eigenvalue weighted by molar-refractivity contribution is -0.121. The molecule has 1 unspecified atom stereocenters. The van der Waals surface area contributed by atoms with Crippen molar-refractivity contribution in [2.45, 2.75) is 19.8 Å². The van der Waals surface area contributed by atoms with Crippen LogP contribution in [0, 0.1) is 5.92 Å². The highest BCUT2D eigenvalue weighted by Gasteiger charge is 2.18. The minimum atomic E-state index is 0.0873. The van der Waals surface area contributed by atoms with Crippen molar-refractivity contribution < 1.29 is 4.79 Å². The molecular weight excluding hydrogens is 126 g/mol. The quantitative estimate of drug-likeness (QED) is 0.499. The van der Waals surface area contributed by atoms with Crippen molar-refractivity contribution in [2.24, 2.45) is 5.92 Å². The number of allylic oxidation sites excluding steroid dienone is 1. The number of carbonyl (C=O) groups is 1. The van der Waals surface area contributed by atoms with E-state index >= 15 is 0 Å². The second-order valence-electron chi connectivity index (χ2n) is 2.58. The number of nitrogens with one attached hydrogen (secondary N) is 1. The van der Waals surface area contributed by atoms with Gasteiger partial charge < -0.3 is 5.32 Å². The topological polar surface area (TPSA) is 29.1 Å². The highest BCUT2D eigenvalue weighted by molar-refractivity contribution is 5.78. The molecule has 0 spiro atoms. The van der Waals surface area contributed by atoms with Crippen LogP contribution < -0.4 is 5.32 Å². The van der Waals surface area contributed by atoms with Gasteiger partial charge in [0.05, 0.1) is 5.70 Å². The average molecular weight is 137 g/mol. The average Bonchev–Trinajstić information content (AvgIpc) is 1.94. The van der Waals surface area contributed by atoms with E-state index in [-0.39, 0.29) is 5.91 Å². The minimum absolute atomic E-state index is 0.0873. The van der Waals surface area contributed by atoms with E-state index in [9.17, 15) is 4.79 Å². The van der Waals surface area contributed by atoms with Gasteiger partial charge in [-0.1, -0.05) is 13.5 Å². The largest absolute Gasteiger partial charge is 0.323 e.